The molecule has 1 aromatic carbocycles. The summed E-state index contributed by atoms with van der Waals surface area (Å²) in [5.74, 6) is -1.64. The number of nitrogens with zero attached hydrogens (tertiary/aromatic N) is 1. The van der Waals surface area contributed by atoms with E-state index in [0.717, 1.165) is 0 Å². The van der Waals surface area contributed by atoms with Crippen LogP contribution in [0.3, 0.4) is 0 Å². The predicted molar refractivity (Wildman–Crippen MR) is 84.1 cm³/mol. The molecule has 24 heavy (non-hydrogen) atoms. The minimum Gasteiger partial charge on any atom is -0.467 e. The van der Waals surface area contributed by atoms with Crippen molar-refractivity contribution in [2.75, 3.05) is 7.11 Å². The average molecular weight is 329 g/mol. The van der Waals surface area contributed by atoms with E-state index in [9.17, 15) is 14.4 Å². The van der Waals surface area contributed by atoms with Crippen LogP contribution in [0, 0.1) is 0 Å². The zero-order chi connectivity index (χ0) is 17.4. The number of carbonyl (C=O) groups is 3. The van der Waals surface area contributed by atoms with E-state index in [0.29, 0.717) is 16.9 Å². The molecule has 0 fully saturated rings. The fourth-order valence-electron chi connectivity index (χ4n) is 1.70. The largest absolute Gasteiger partial charge is 0.467 e. The molecule has 1 heterocycles. The Bertz CT molecular complexity index is 736. The molecule has 0 unspecified atom stereocenters. The van der Waals surface area contributed by atoms with Crippen LogP contribution in [-0.4, -0.2) is 31.1 Å². The molecular weight excluding hydrogens is 314 g/mol. The molecule has 0 saturated heterocycles. The number of benzene rings is 1. The number of hydrazone groups is 1. The van der Waals surface area contributed by atoms with Crippen molar-refractivity contribution < 1.29 is 23.5 Å². The van der Waals surface area contributed by atoms with E-state index in [2.05, 4.69) is 20.6 Å². The van der Waals surface area contributed by atoms with E-state index in [1.54, 1.807) is 36.4 Å². The maximum absolute atomic E-state index is 11.5. The Balaban J connectivity index is 1.80. The van der Waals surface area contributed by atoms with E-state index in [1.807, 2.05) is 0 Å². The Kier molecular flexibility index (Phi) is 5.84. The van der Waals surface area contributed by atoms with Gasteiger partial charge in [-0.05, 0) is 29.8 Å². The number of carbonyl (C=O) groups excluding carboxylic acids is 3. The summed E-state index contributed by atoms with van der Waals surface area (Å²) in [5.41, 5.74) is 3.14. The Morgan fingerprint density at radius 2 is 1.92 bits per heavy atom. The van der Waals surface area contributed by atoms with Gasteiger partial charge in [0.05, 0.1) is 31.7 Å². The number of hydrogen-bond acceptors (Lipinski definition) is 6. The molecule has 124 valence electrons. The summed E-state index contributed by atoms with van der Waals surface area (Å²) in [6.07, 6.45) is 2.82. The first-order valence-corrected chi connectivity index (χ1v) is 6.92. The highest BCUT2D eigenvalue weighted by Crippen LogP contribution is 2.03. The molecule has 0 aliphatic heterocycles. The van der Waals surface area contributed by atoms with Gasteiger partial charge in [-0.1, -0.05) is 12.1 Å². The first-order valence-electron chi connectivity index (χ1n) is 6.92. The quantitative estimate of drug-likeness (QED) is 0.365. The third-order valence-corrected chi connectivity index (χ3v) is 2.92. The Hall–Kier alpha value is -3.42. The zero-order valence-corrected chi connectivity index (χ0v) is 12.8. The molecule has 0 radical (unpaired) electrons. The number of methoxy groups -OCH3 is 1. The normalized spacial score (nSPS) is 10.4. The molecule has 2 aromatic rings. The van der Waals surface area contributed by atoms with Crippen LogP contribution in [0.5, 0.6) is 0 Å². The van der Waals surface area contributed by atoms with Gasteiger partial charge in [0.15, 0.2) is 0 Å². The van der Waals surface area contributed by atoms with Crippen molar-refractivity contribution >= 4 is 24.0 Å². The lowest BCUT2D eigenvalue weighted by Gasteiger charge is -2.01. The van der Waals surface area contributed by atoms with Gasteiger partial charge in [0.2, 0.25) is 0 Å². The molecule has 0 saturated carbocycles. The first kappa shape index (κ1) is 16.9. The number of nitrogens with one attached hydrogen (secondary N) is 2. The maximum atomic E-state index is 11.5. The second kappa shape index (κ2) is 8.28. The number of ether oxygens (including phenoxy) is 1. The Morgan fingerprint density at radius 1 is 1.17 bits per heavy atom. The van der Waals surface area contributed by atoms with Gasteiger partial charge >= 0.3 is 17.8 Å². The molecule has 2 rings (SSSR count). The predicted octanol–water partition coefficient (Wildman–Crippen LogP) is 0.833. The van der Waals surface area contributed by atoms with Crippen LogP contribution in [0.15, 0.2) is 52.2 Å². The summed E-state index contributed by atoms with van der Waals surface area (Å²) in [6, 6.07) is 9.72. The first-order chi connectivity index (χ1) is 11.6. The summed E-state index contributed by atoms with van der Waals surface area (Å²) < 4.78 is 9.61. The molecule has 2 amide bonds. The summed E-state index contributed by atoms with van der Waals surface area (Å²) in [4.78, 5) is 34.4. The van der Waals surface area contributed by atoms with Crippen LogP contribution in [0.25, 0.3) is 0 Å². The lowest BCUT2D eigenvalue weighted by atomic mass is 10.1. The third-order valence-electron chi connectivity index (χ3n) is 2.92. The molecule has 2 N–H and O–H groups in total. The minimum atomic E-state index is -0.899. The molecule has 8 nitrogen and oxygen atoms in total. The smallest absolute Gasteiger partial charge is 0.337 e. The number of amides is 2. The molecule has 0 aliphatic rings. The second-order valence-corrected chi connectivity index (χ2v) is 4.57. The molecule has 0 bridgehead atoms. The Morgan fingerprint density at radius 3 is 2.54 bits per heavy atom. The van der Waals surface area contributed by atoms with Crippen molar-refractivity contribution in [1.29, 1.82) is 0 Å². The molecule has 0 spiro atoms. The van der Waals surface area contributed by atoms with Gasteiger partial charge in [0.1, 0.15) is 5.76 Å². The standard InChI is InChI=1S/C16H15N3O5/c1-23-16(22)12-6-4-11(5-7-12)9-18-19-15(21)14(20)17-10-13-3-2-8-24-13/h2-9H,10H2,1H3,(H,17,20)(H,19,21). The highest BCUT2D eigenvalue weighted by atomic mass is 16.5. The molecular formula is C16H15N3O5. The lowest BCUT2D eigenvalue weighted by molar-refractivity contribution is -0.139. The number of rotatable bonds is 5. The number of hydrogen-bond donors (Lipinski definition) is 2. The van der Waals surface area contributed by atoms with Gasteiger partial charge in [-0.25, -0.2) is 10.2 Å². The summed E-state index contributed by atoms with van der Waals surface area (Å²) in [6.45, 7) is 0.109. The van der Waals surface area contributed by atoms with Crippen LogP contribution in [-0.2, 0) is 20.9 Å². The van der Waals surface area contributed by atoms with Crippen molar-refractivity contribution in [2.24, 2.45) is 5.10 Å². The van der Waals surface area contributed by atoms with E-state index < -0.39 is 17.8 Å². The van der Waals surface area contributed by atoms with Gasteiger partial charge in [0.25, 0.3) is 0 Å². The Labute approximate surface area is 137 Å². The van der Waals surface area contributed by atoms with Gasteiger partial charge in [0, 0.05) is 0 Å². The third kappa shape index (κ3) is 4.80. The zero-order valence-electron chi connectivity index (χ0n) is 12.8. The topological polar surface area (TPSA) is 110 Å². The SMILES string of the molecule is COC(=O)c1ccc(C=NNC(=O)C(=O)NCc2ccco2)cc1. The van der Waals surface area contributed by atoms with Crippen molar-refractivity contribution in [2.45, 2.75) is 6.54 Å². The summed E-state index contributed by atoms with van der Waals surface area (Å²) in [5, 5.41) is 6.07. The van der Waals surface area contributed by atoms with Crippen molar-refractivity contribution in [1.82, 2.24) is 10.7 Å². The highest BCUT2D eigenvalue weighted by Gasteiger charge is 2.12. The van der Waals surface area contributed by atoms with Crippen LogP contribution in [0.2, 0.25) is 0 Å². The number of esters is 1. The summed E-state index contributed by atoms with van der Waals surface area (Å²) in [7, 11) is 1.30. The van der Waals surface area contributed by atoms with Crippen LogP contribution in [0.4, 0.5) is 0 Å². The van der Waals surface area contributed by atoms with Crippen LogP contribution < -0.4 is 10.7 Å². The molecule has 0 aliphatic carbocycles. The van der Waals surface area contributed by atoms with E-state index >= 15 is 0 Å². The second-order valence-electron chi connectivity index (χ2n) is 4.57. The molecule has 0 atom stereocenters. The van der Waals surface area contributed by atoms with Crippen LogP contribution in [0.1, 0.15) is 21.7 Å². The van der Waals surface area contributed by atoms with Gasteiger partial charge in [-0.15, -0.1) is 0 Å². The molecule has 1 aromatic heterocycles. The van der Waals surface area contributed by atoms with Crippen molar-refractivity contribution in [3.8, 4) is 0 Å². The monoisotopic (exact) mass is 329 g/mol. The van der Waals surface area contributed by atoms with Gasteiger partial charge in [-0.2, -0.15) is 5.10 Å². The average Bonchev–Trinajstić information content (AvgIpc) is 3.13. The van der Waals surface area contributed by atoms with Crippen molar-refractivity contribution in [3.63, 3.8) is 0 Å². The van der Waals surface area contributed by atoms with E-state index in [4.69, 9.17) is 4.42 Å². The lowest BCUT2D eigenvalue weighted by Crippen LogP contribution is -2.37. The van der Waals surface area contributed by atoms with Gasteiger partial charge < -0.3 is 14.5 Å². The summed E-state index contributed by atoms with van der Waals surface area (Å²) >= 11 is 0. The van der Waals surface area contributed by atoms with E-state index in [-0.39, 0.29) is 6.54 Å². The highest BCUT2D eigenvalue weighted by molar-refractivity contribution is 6.35. The fourth-order valence-corrected chi connectivity index (χ4v) is 1.70. The van der Waals surface area contributed by atoms with Crippen LogP contribution >= 0.6 is 0 Å². The van der Waals surface area contributed by atoms with Gasteiger partial charge in [-0.3, -0.25) is 9.59 Å². The maximum Gasteiger partial charge on any atom is 0.337 e. The van der Waals surface area contributed by atoms with Crippen molar-refractivity contribution in [3.05, 3.63) is 59.5 Å². The molecule has 8 heteroatoms. The number of furan rings is 1. The minimum absolute atomic E-state index is 0.109. The van der Waals surface area contributed by atoms with E-state index in [1.165, 1.54) is 19.6 Å². The fraction of sp³-hybridized carbons (Fsp3) is 0.125.